The van der Waals surface area contributed by atoms with E-state index < -0.39 is 0 Å². The van der Waals surface area contributed by atoms with Crippen molar-refractivity contribution < 1.29 is 4.39 Å². The molecule has 0 spiro atoms. The van der Waals surface area contributed by atoms with Gasteiger partial charge in [-0.15, -0.1) is 5.10 Å². The predicted molar refractivity (Wildman–Crippen MR) is 66.2 cm³/mol. The maximum Gasteiger partial charge on any atom is 0.123 e. The highest BCUT2D eigenvalue weighted by atomic mass is 19.1. The lowest BCUT2D eigenvalue weighted by Crippen LogP contribution is -2.26. The lowest BCUT2D eigenvalue weighted by Gasteiger charge is -2.19. The summed E-state index contributed by atoms with van der Waals surface area (Å²) in [5.41, 5.74) is 1.87. The first-order chi connectivity index (χ1) is 8.83. The fourth-order valence-corrected chi connectivity index (χ4v) is 2.30. The molecule has 1 N–H and O–H groups in total. The molecule has 4 nitrogen and oxygen atoms in total. The first kappa shape index (κ1) is 11.3. The van der Waals surface area contributed by atoms with Crippen LogP contribution >= 0.6 is 0 Å². The summed E-state index contributed by atoms with van der Waals surface area (Å²) in [7, 11) is 0. The second-order valence-corrected chi connectivity index (χ2v) is 4.59. The Morgan fingerprint density at radius 1 is 1.17 bits per heavy atom. The summed E-state index contributed by atoms with van der Waals surface area (Å²) < 4.78 is 14.6. The Morgan fingerprint density at radius 2 is 1.89 bits per heavy atom. The van der Waals surface area contributed by atoms with Gasteiger partial charge in [0.2, 0.25) is 0 Å². The van der Waals surface area contributed by atoms with Gasteiger partial charge in [-0.3, -0.25) is 0 Å². The molecule has 2 aromatic rings. The summed E-state index contributed by atoms with van der Waals surface area (Å²) in [5.74, 6) is 0.248. The van der Waals surface area contributed by atoms with Crippen LogP contribution in [0.2, 0.25) is 0 Å². The van der Waals surface area contributed by atoms with Crippen LogP contribution < -0.4 is 5.32 Å². The van der Waals surface area contributed by atoms with Crippen molar-refractivity contribution in [3.05, 3.63) is 42.0 Å². The summed E-state index contributed by atoms with van der Waals surface area (Å²) in [5, 5.41) is 11.7. The molecular weight excluding hydrogens is 231 g/mol. The fraction of sp³-hybridized carbons (Fsp3) is 0.385. The Kier molecular flexibility index (Phi) is 3.06. The third-order valence-corrected chi connectivity index (χ3v) is 3.36. The van der Waals surface area contributed by atoms with Crippen LogP contribution in [-0.2, 0) is 0 Å². The standard InChI is InChI=1S/C13H15FN4/c14-11-1-3-12(4-2-11)18-9-13(16-17-18)10-5-7-15-8-6-10/h1-4,9-10,15H,5-8H2. The third-order valence-electron chi connectivity index (χ3n) is 3.36. The maximum atomic E-state index is 12.8. The minimum atomic E-state index is -0.238. The van der Waals surface area contributed by atoms with Crippen LogP contribution in [0.5, 0.6) is 0 Å². The Bertz CT molecular complexity index is 514. The van der Waals surface area contributed by atoms with Crippen molar-refractivity contribution in [2.24, 2.45) is 0 Å². The zero-order valence-electron chi connectivity index (χ0n) is 10.0. The molecule has 0 atom stereocenters. The van der Waals surface area contributed by atoms with Crippen molar-refractivity contribution in [2.75, 3.05) is 13.1 Å². The van der Waals surface area contributed by atoms with Gasteiger partial charge in [-0.1, -0.05) is 5.21 Å². The van der Waals surface area contributed by atoms with E-state index in [1.54, 1.807) is 16.8 Å². The molecule has 0 bridgehead atoms. The number of hydrogen-bond donors (Lipinski definition) is 1. The molecule has 1 aromatic carbocycles. The van der Waals surface area contributed by atoms with Gasteiger partial charge in [0.1, 0.15) is 5.82 Å². The molecule has 1 aliphatic rings. The summed E-state index contributed by atoms with van der Waals surface area (Å²) in [6.45, 7) is 2.07. The van der Waals surface area contributed by atoms with Crippen molar-refractivity contribution in [1.29, 1.82) is 0 Å². The van der Waals surface area contributed by atoms with Gasteiger partial charge in [0.05, 0.1) is 17.6 Å². The van der Waals surface area contributed by atoms with E-state index in [-0.39, 0.29) is 5.82 Å². The van der Waals surface area contributed by atoms with E-state index in [0.29, 0.717) is 5.92 Å². The number of nitrogens with one attached hydrogen (secondary N) is 1. The van der Waals surface area contributed by atoms with Crippen LogP contribution in [0, 0.1) is 5.82 Å². The molecule has 0 aliphatic carbocycles. The van der Waals surface area contributed by atoms with Crippen molar-refractivity contribution >= 4 is 0 Å². The predicted octanol–water partition coefficient (Wildman–Crippen LogP) is 1.87. The van der Waals surface area contributed by atoms with Gasteiger partial charge >= 0.3 is 0 Å². The Hall–Kier alpha value is -1.75. The number of piperidine rings is 1. The molecule has 0 unspecified atom stereocenters. The van der Waals surface area contributed by atoms with Crippen LogP contribution in [0.3, 0.4) is 0 Å². The van der Waals surface area contributed by atoms with Gasteiger partial charge in [-0.05, 0) is 50.2 Å². The van der Waals surface area contributed by atoms with E-state index in [0.717, 1.165) is 37.3 Å². The SMILES string of the molecule is Fc1ccc(-n2cc(C3CCNCC3)nn2)cc1. The van der Waals surface area contributed by atoms with Crippen LogP contribution in [0.1, 0.15) is 24.5 Å². The number of nitrogens with zero attached hydrogens (tertiary/aromatic N) is 3. The summed E-state index contributed by atoms with van der Waals surface area (Å²) in [6, 6.07) is 6.27. The highest BCUT2D eigenvalue weighted by Gasteiger charge is 2.18. The number of halogens is 1. The van der Waals surface area contributed by atoms with Gasteiger partial charge in [0, 0.05) is 5.92 Å². The monoisotopic (exact) mass is 246 g/mol. The van der Waals surface area contributed by atoms with E-state index in [1.807, 2.05) is 6.20 Å². The molecule has 1 aliphatic heterocycles. The highest BCUT2D eigenvalue weighted by Crippen LogP contribution is 2.23. The molecule has 1 saturated heterocycles. The van der Waals surface area contributed by atoms with E-state index in [9.17, 15) is 4.39 Å². The lowest BCUT2D eigenvalue weighted by molar-refractivity contribution is 0.453. The van der Waals surface area contributed by atoms with E-state index in [1.165, 1.54) is 12.1 Å². The molecule has 2 heterocycles. The van der Waals surface area contributed by atoms with Crippen LogP contribution in [0.4, 0.5) is 4.39 Å². The Morgan fingerprint density at radius 3 is 2.61 bits per heavy atom. The molecular formula is C13H15FN4. The first-order valence-electron chi connectivity index (χ1n) is 6.22. The molecule has 1 fully saturated rings. The zero-order chi connectivity index (χ0) is 12.4. The van der Waals surface area contributed by atoms with E-state index in [2.05, 4.69) is 15.6 Å². The molecule has 18 heavy (non-hydrogen) atoms. The zero-order valence-corrected chi connectivity index (χ0v) is 10.0. The highest BCUT2D eigenvalue weighted by molar-refractivity contribution is 5.30. The molecule has 0 amide bonds. The molecule has 3 rings (SSSR count). The van der Waals surface area contributed by atoms with Crippen molar-refractivity contribution in [2.45, 2.75) is 18.8 Å². The van der Waals surface area contributed by atoms with Crippen LogP contribution in [0.15, 0.2) is 30.5 Å². The van der Waals surface area contributed by atoms with Gasteiger partial charge < -0.3 is 5.32 Å². The fourth-order valence-electron chi connectivity index (χ4n) is 2.30. The topological polar surface area (TPSA) is 42.7 Å². The van der Waals surface area contributed by atoms with Crippen LogP contribution in [0.25, 0.3) is 5.69 Å². The van der Waals surface area contributed by atoms with Gasteiger partial charge in [0.15, 0.2) is 0 Å². The first-order valence-corrected chi connectivity index (χ1v) is 6.22. The van der Waals surface area contributed by atoms with Gasteiger partial charge in [-0.25, -0.2) is 9.07 Å². The smallest absolute Gasteiger partial charge is 0.123 e. The normalized spacial score (nSPS) is 16.9. The minimum absolute atomic E-state index is 0.238. The summed E-state index contributed by atoms with van der Waals surface area (Å²) >= 11 is 0. The van der Waals surface area contributed by atoms with Crippen molar-refractivity contribution in [3.8, 4) is 5.69 Å². The lowest BCUT2D eigenvalue weighted by atomic mass is 9.95. The summed E-state index contributed by atoms with van der Waals surface area (Å²) in [6.07, 6.45) is 4.15. The van der Waals surface area contributed by atoms with E-state index >= 15 is 0 Å². The second-order valence-electron chi connectivity index (χ2n) is 4.59. The molecule has 1 aromatic heterocycles. The quantitative estimate of drug-likeness (QED) is 0.879. The average molecular weight is 246 g/mol. The largest absolute Gasteiger partial charge is 0.317 e. The van der Waals surface area contributed by atoms with E-state index in [4.69, 9.17) is 0 Å². The molecule has 5 heteroatoms. The molecule has 0 saturated carbocycles. The minimum Gasteiger partial charge on any atom is -0.317 e. The van der Waals surface area contributed by atoms with Crippen molar-refractivity contribution in [3.63, 3.8) is 0 Å². The maximum absolute atomic E-state index is 12.8. The Balaban J connectivity index is 1.82. The number of rotatable bonds is 2. The Labute approximate surface area is 105 Å². The number of hydrogen-bond acceptors (Lipinski definition) is 3. The molecule has 94 valence electrons. The van der Waals surface area contributed by atoms with Crippen LogP contribution in [-0.4, -0.2) is 28.1 Å². The average Bonchev–Trinajstić information content (AvgIpc) is 2.90. The van der Waals surface area contributed by atoms with Gasteiger partial charge in [0.25, 0.3) is 0 Å². The summed E-state index contributed by atoms with van der Waals surface area (Å²) in [4.78, 5) is 0. The molecule has 0 radical (unpaired) electrons. The number of aromatic nitrogens is 3. The number of benzene rings is 1. The van der Waals surface area contributed by atoms with Crippen molar-refractivity contribution in [1.82, 2.24) is 20.3 Å². The van der Waals surface area contributed by atoms with Gasteiger partial charge in [-0.2, -0.15) is 0 Å². The second kappa shape index (κ2) is 4.86. The third kappa shape index (κ3) is 2.26.